The second-order valence-corrected chi connectivity index (χ2v) is 5.25. The first-order chi connectivity index (χ1) is 10.0. The van der Waals surface area contributed by atoms with Crippen LogP contribution in [0.25, 0.3) is 0 Å². The predicted octanol–water partition coefficient (Wildman–Crippen LogP) is 5.18. The minimum atomic E-state index is -0.427. The zero-order chi connectivity index (χ0) is 15.4. The van der Waals surface area contributed by atoms with Crippen molar-refractivity contribution in [3.63, 3.8) is 0 Å². The van der Waals surface area contributed by atoms with Gasteiger partial charge in [-0.25, -0.2) is 4.79 Å². The molecule has 0 aliphatic heterocycles. The Balaban J connectivity index is 2.36. The Morgan fingerprint density at radius 2 is 1.76 bits per heavy atom. The summed E-state index contributed by atoms with van der Waals surface area (Å²) >= 11 is 17.8. The number of esters is 1. The van der Waals surface area contributed by atoms with Crippen molar-refractivity contribution in [2.24, 2.45) is 4.99 Å². The van der Waals surface area contributed by atoms with Crippen LogP contribution < -0.4 is 0 Å². The van der Waals surface area contributed by atoms with Crippen molar-refractivity contribution in [3.05, 3.63) is 62.6 Å². The highest BCUT2D eigenvalue weighted by molar-refractivity contribution is 6.48. The number of carbonyl (C=O) groups excluding carboxylic acids is 1. The van der Waals surface area contributed by atoms with E-state index in [0.29, 0.717) is 26.9 Å². The van der Waals surface area contributed by atoms with Gasteiger partial charge in [-0.05, 0) is 18.2 Å². The van der Waals surface area contributed by atoms with Crippen LogP contribution in [0, 0.1) is 0 Å². The van der Waals surface area contributed by atoms with Gasteiger partial charge in [0, 0.05) is 11.8 Å². The summed E-state index contributed by atoms with van der Waals surface area (Å²) in [5, 5.41) is 0.919. The SMILES string of the molecule is COC(=O)c1ccccc1C=Nc1cc(Cl)c(Cl)c(Cl)c1. The predicted molar refractivity (Wildman–Crippen MR) is 86.5 cm³/mol. The molecular weight excluding hydrogens is 333 g/mol. The standard InChI is InChI=1S/C15H10Cl3NO2/c1-21-15(20)11-5-3-2-4-9(11)8-19-10-6-12(16)14(18)13(17)7-10/h2-8H,1H3. The van der Waals surface area contributed by atoms with Crippen molar-refractivity contribution in [1.82, 2.24) is 0 Å². The van der Waals surface area contributed by atoms with E-state index in [1.54, 1.807) is 42.6 Å². The summed E-state index contributed by atoms with van der Waals surface area (Å²) in [4.78, 5) is 15.9. The lowest BCUT2D eigenvalue weighted by molar-refractivity contribution is 0.0600. The molecule has 0 heterocycles. The third kappa shape index (κ3) is 3.76. The molecule has 6 heteroatoms. The number of hydrogen-bond donors (Lipinski definition) is 0. The molecule has 0 fully saturated rings. The van der Waals surface area contributed by atoms with Gasteiger partial charge in [0.1, 0.15) is 0 Å². The third-order valence-electron chi connectivity index (χ3n) is 2.69. The quantitative estimate of drug-likeness (QED) is 0.438. The Morgan fingerprint density at radius 1 is 1.14 bits per heavy atom. The van der Waals surface area contributed by atoms with Crippen molar-refractivity contribution < 1.29 is 9.53 Å². The van der Waals surface area contributed by atoms with Gasteiger partial charge in [0.2, 0.25) is 0 Å². The fourth-order valence-corrected chi connectivity index (χ4v) is 2.25. The second-order valence-electron chi connectivity index (χ2n) is 4.06. The molecule has 3 nitrogen and oxygen atoms in total. The van der Waals surface area contributed by atoms with Gasteiger partial charge in [0.05, 0.1) is 33.4 Å². The summed E-state index contributed by atoms with van der Waals surface area (Å²) in [5.41, 5.74) is 1.59. The van der Waals surface area contributed by atoms with Crippen molar-refractivity contribution >= 4 is 52.7 Å². The molecule has 2 aromatic rings. The van der Waals surface area contributed by atoms with Gasteiger partial charge in [-0.1, -0.05) is 53.0 Å². The largest absolute Gasteiger partial charge is 0.465 e. The average molecular weight is 343 g/mol. The van der Waals surface area contributed by atoms with Gasteiger partial charge in [-0.2, -0.15) is 0 Å². The third-order valence-corrected chi connectivity index (χ3v) is 3.88. The van der Waals surface area contributed by atoms with Crippen LogP contribution in [0.3, 0.4) is 0 Å². The summed E-state index contributed by atoms with van der Waals surface area (Å²) in [6.45, 7) is 0. The van der Waals surface area contributed by atoms with Gasteiger partial charge in [-0.15, -0.1) is 0 Å². The molecule has 2 rings (SSSR count). The van der Waals surface area contributed by atoms with E-state index < -0.39 is 5.97 Å². The van der Waals surface area contributed by atoms with E-state index in [1.165, 1.54) is 7.11 Å². The first-order valence-corrected chi connectivity index (χ1v) is 7.02. The molecule has 21 heavy (non-hydrogen) atoms. The first-order valence-electron chi connectivity index (χ1n) is 5.89. The minimum absolute atomic E-state index is 0.284. The summed E-state index contributed by atoms with van der Waals surface area (Å²) in [6, 6.07) is 10.2. The van der Waals surface area contributed by atoms with Gasteiger partial charge < -0.3 is 4.74 Å². The number of ether oxygens (including phenoxy) is 1. The van der Waals surface area contributed by atoms with Gasteiger partial charge >= 0.3 is 5.97 Å². The molecular formula is C15H10Cl3NO2. The Morgan fingerprint density at radius 3 is 2.38 bits per heavy atom. The Labute approximate surface area is 137 Å². The monoisotopic (exact) mass is 341 g/mol. The summed E-state index contributed by atoms with van der Waals surface area (Å²) in [7, 11) is 1.33. The number of rotatable bonds is 3. The van der Waals surface area contributed by atoms with Crippen LogP contribution in [0.1, 0.15) is 15.9 Å². The first kappa shape index (κ1) is 15.8. The van der Waals surface area contributed by atoms with Gasteiger partial charge in [0.15, 0.2) is 0 Å². The number of carbonyl (C=O) groups is 1. The molecule has 0 N–H and O–H groups in total. The maximum atomic E-state index is 11.7. The Hall–Kier alpha value is -1.55. The average Bonchev–Trinajstić information content (AvgIpc) is 2.50. The second kappa shape index (κ2) is 6.94. The lowest BCUT2D eigenvalue weighted by atomic mass is 10.1. The van der Waals surface area contributed by atoms with Crippen LogP contribution in [0.4, 0.5) is 5.69 Å². The molecule has 0 spiro atoms. The van der Waals surface area contributed by atoms with E-state index >= 15 is 0 Å². The highest BCUT2D eigenvalue weighted by atomic mass is 35.5. The molecule has 108 valence electrons. The lowest BCUT2D eigenvalue weighted by Crippen LogP contribution is -2.04. The van der Waals surface area contributed by atoms with Crippen molar-refractivity contribution in [1.29, 1.82) is 0 Å². The smallest absolute Gasteiger partial charge is 0.338 e. The van der Waals surface area contributed by atoms with E-state index in [1.807, 2.05) is 0 Å². The number of benzene rings is 2. The summed E-state index contributed by atoms with van der Waals surface area (Å²) in [6.07, 6.45) is 1.54. The van der Waals surface area contributed by atoms with E-state index in [0.717, 1.165) is 0 Å². The van der Waals surface area contributed by atoms with Crippen molar-refractivity contribution in [2.75, 3.05) is 7.11 Å². The molecule has 0 saturated carbocycles. The number of nitrogens with zero attached hydrogens (tertiary/aromatic N) is 1. The van der Waals surface area contributed by atoms with E-state index in [4.69, 9.17) is 39.5 Å². The number of methoxy groups -OCH3 is 1. The van der Waals surface area contributed by atoms with E-state index in [2.05, 4.69) is 4.99 Å². The topological polar surface area (TPSA) is 38.7 Å². The molecule has 0 bridgehead atoms. The van der Waals surface area contributed by atoms with E-state index in [9.17, 15) is 4.79 Å². The lowest BCUT2D eigenvalue weighted by Gasteiger charge is -2.04. The maximum Gasteiger partial charge on any atom is 0.338 e. The molecule has 0 saturated heterocycles. The zero-order valence-corrected chi connectivity index (χ0v) is 13.2. The minimum Gasteiger partial charge on any atom is -0.465 e. The normalized spacial score (nSPS) is 10.9. The number of aliphatic imine (C=N–C) groups is 1. The Bertz CT molecular complexity index is 691. The van der Waals surface area contributed by atoms with Gasteiger partial charge in [-0.3, -0.25) is 4.99 Å². The fourth-order valence-electron chi connectivity index (χ4n) is 1.67. The number of hydrogen-bond acceptors (Lipinski definition) is 3. The van der Waals surface area contributed by atoms with Crippen LogP contribution in [0.15, 0.2) is 41.4 Å². The molecule has 0 aliphatic rings. The highest BCUT2D eigenvalue weighted by Gasteiger charge is 2.09. The highest BCUT2D eigenvalue weighted by Crippen LogP contribution is 2.34. The van der Waals surface area contributed by atoms with Crippen LogP contribution in [0.2, 0.25) is 15.1 Å². The van der Waals surface area contributed by atoms with Crippen LogP contribution in [0.5, 0.6) is 0 Å². The molecule has 0 atom stereocenters. The van der Waals surface area contributed by atoms with Crippen molar-refractivity contribution in [3.8, 4) is 0 Å². The molecule has 0 aromatic heterocycles. The molecule has 2 aromatic carbocycles. The van der Waals surface area contributed by atoms with Crippen LogP contribution >= 0.6 is 34.8 Å². The van der Waals surface area contributed by atoms with Gasteiger partial charge in [0.25, 0.3) is 0 Å². The summed E-state index contributed by atoms with van der Waals surface area (Å²) in [5.74, 6) is -0.427. The fraction of sp³-hybridized carbons (Fsp3) is 0.0667. The molecule has 0 radical (unpaired) electrons. The Kier molecular flexibility index (Phi) is 5.23. The zero-order valence-electron chi connectivity index (χ0n) is 10.9. The van der Waals surface area contributed by atoms with E-state index in [-0.39, 0.29) is 5.02 Å². The van der Waals surface area contributed by atoms with Crippen LogP contribution in [-0.2, 0) is 4.74 Å². The molecule has 0 amide bonds. The van der Waals surface area contributed by atoms with Crippen molar-refractivity contribution in [2.45, 2.75) is 0 Å². The van der Waals surface area contributed by atoms with Crippen LogP contribution in [-0.4, -0.2) is 19.3 Å². The molecule has 0 aliphatic carbocycles. The maximum absolute atomic E-state index is 11.7. The number of halogens is 3. The molecule has 0 unspecified atom stereocenters. The summed E-state index contributed by atoms with van der Waals surface area (Å²) < 4.78 is 4.72.